The Morgan fingerprint density at radius 2 is 0.915 bits per heavy atom. The van der Waals surface area contributed by atoms with Crippen molar-refractivity contribution in [2.45, 2.75) is 83.5 Å². The summed E-state index contributed by atoms with van der Waals surface area (Å²) in [5, 5.41) is 0. The summed E-state index contributed by atoms with van der Waals surface area (Å²) in [5.41, 5.74) is 7.23. The predicted molar refractivity (Wildman–Crippen MR) is 215 cm³/mol. The highest BCUT2D eigenvalue weighted by Crippen LogP contribution is 2.39. The van der Waals surface area contributed by atoms with E-state index in [1.54, 1.807) is 12.1 Å². The zero-order chi connectivity index (χ0) is 43.0. The smallest absolute Gasteiger partial charge is 0.310 e. The molecule has 59 heavy (non-hydrogen) atoms. The number of aromatic nitrogens is 4. The molecule has 0 saturated heterocycles. The molecule has 0 radical (unpaired) electrons. The van der Waals surface area contributed by atoms with Crippen LogP contribution in [-0.4, -0.2) is 98.4 Å². The SMILES string of the molecule is COC(=O)CCC1=C(CC(=O)OC)c2cc3[nH]c(cc4nc(cc5[nH]c(cc1n2)c(CCC(=O)OC)c5CC(=O)OC)C(C)(C)C4)c(CC(=O)OC)c3CCC(=O)OC. The van der Waals surface area contributed by atoms with Crippen molar-refractivity contribution in [1.82, 2.24) is 19.9 Å². The van der Waals surface area contributed by atoms with Crippen LogP contribution < -0.4 is 0 Å². The van der Waals surface area contributed by atoms with Gasteiger partial charge in [0, 0.05) is 64.6 Å². The van der Waals surface area contributed by atoms with Crippen molar-refractivity contribution in [1.29, 1.82) is 0 Å². The molecule has 314 valence electrons. The number of H-pyrrole nitrogens is 2. The average Bonchev–Trinajstić information content (AvgIpc) is 3.90. The Bertz CT molecular complexity index is 2370. The van der Waals surface area contributed by atoms with Crippen LogP contribution in [0, 0.1) is 0 Å². The van der Waals surface area contributed by atoms with Gasteiger partial charge in [-0.25, -0.2) is 4.98 Å². The van der Waals surface area contributed by atoms with Gasteiger partial charge < -0.3 is 38.4 Å². The molecule has 3 aromatic heterocycles. The molecule has 0 fully saturated rings. The highest BCUT2D eigenvalue weighted by Gasteiger charge is 2.30. The maximum atomic E-state index is 13.1. The number of carbonyl (C=O) groups is 6. The summed E-state index contributed by atoms with van der Waals surface area (Å²) in [6.45, 7) is 4.09. The summed E-state index contributed by atoms with van der Waals surface area (Å²) in [7, 11) is 7.74. The first-order chi connectivity index (χ1) is 28.1. The molecule has 0 aliphatic carbocycles. The Labute approximate surface area is 341 Å². The predicted octanol–water partition coefficient (Wildman–Crippen LogP) is 4.90. The summed E-state index contributed by atoms with van der Waals surface area (Å²) >= 11 is 0. The quantitative estimate of drug-likeness (QED) is 0.154. The first-order valence-corrected chi connectivity index (χ1v) is 19.1. The number of carbonyl (C=O) groups excluding carboxylic acids is 6. The molecule has 8 bridgehead atoms. The third kappa shape index (κ3) is 10.2. The lowest BCUT2D eigenvalue weighted by Gasteiger charge is -2.15. The molecule has 5 rings (SSSR count). The van der Waals surface area contributed by atoms with E-state index in [2.05, 4.69) is 9.97 Å². The van der Waals surface area contributed by atoms with E-state index in [4.69, 9.17) is 38.4 Å². The molecule has 0 aromatic carbocycles. The van der Waals surface area contributed by atoms with E-state index in [-0.39, 0.29) is 57.8 Å². The highest BCUT2D eigenvalue weighted by molar-refractivity contribution is 6.00. The van der Waals surface area contributed by atoms with E-state index in [1.807, 2.05) is 26.0 Å². The fraction of sp³-hybridized carbons (Fsp3) is 0.442. The number of aryl methyl sites for hydroxylation is 2. The van der Waals surface area contributed by atoms with Gasteiger partial charge in [0.25, 0.3) is 0 Å². The number of allylic oxidation sites excluding steroid dienone is 1. The summed E-state index contributed by atoms with van der Waals surface area (Å²) in [4.78, 5) is 93.6. The van der Waals surface area contributed by atoms with E-state index in [1.165, 1.54) is 42.7 Å². The summed E-state index contributed by atoms with van der Waals surface area (Å²) in [6, 6.07) is 7.23. The minimum atomic E-state index is -0.564. The molecule has 0 saturated carbocycles. The van der Waals surface area contributed by atoms with Gasteiger partial charge >= 0.3 is 35.8 Å². The monoisotopic (exact) mass is 814 g/mol. The zero-order valence-electron chi connectivity index (χ0n) is 34.7. The van der Waals surface area contributed by atoms with Crippen LogP contribution in [-0.2, 0) is 94.7 Å². The Morgan fingerprint density at radius 3 is 1.39 bits per heavy atom. The number of hydrogen-bond donors (Lipinski definition) is 2. The van der Waals surface area contributed by atoms with Crippen LogP contribution in [0.3, 0.4) is 0 Å². The molecule has 2 N–H and O–H groups in total. The van der Waals surface area contributed by atoms with Gasteiger partial charge in [-0.3, -0.25) is 33.8 Å². The van der Waals surface area contributed by atoms with Crippen LogP contribution in [0.2, 0.25) is 0 Å². The van der Waals surface area contributed by atoms with E-state index in [0.29, 0.717) is 84.7 Å². The lowest BCUT2D eigenvalue weighted by molar-refractivity contribution is -0.141. The molecule has 2 aliphatic rings. The van der Waals surface area contributed by atoms with Crippen molar-refractivity contribution < 1.29 is 57.2 Å². The molecule has 16 nitrogen and oxygen atoms in total. The Kier molecular flexibility index (Phi) is 14.1. The number of fused-ring (bicyclic) bond motifs is 8. The fourth-order valence-electron chi connectivity index (χ4n) is 7.41. The van der Waals surface area contributed by atoms with Crippen molar-refractivity contribution in [3.05, 3.63) is 69.3 Å². The second-order valence-corrected chi connectivity index (χ2v) is 14.8. The second-order valence-electron chi connectivity index (χ2n) is 14.8. The molecule has 0 spiro atoms. The Hall–Kier alpha value is -6.32. The van der Waals surface area contributed by atoms with Gasteiger partial charge in [-0.15, -0.1) is 0 Å². The van der Waals surface area contributed by atoms with E-state index in [9.17, 15) is 28.8 Å². The number of nitrogens with zero attached hydrogens (tertiary/aromatic N) is 2. The molecule has 3 aromatic rings. The van der Waals surface area contributed by atoms with Crippen LogP contribution >= 0.6 is 0 Å². The van der Waals surface area contributed by atoms with Crippen LogP contribution in [0.4, 0.5) is 0 Å². The van der Waals surface area contributed by atoms with Crippen LogP contribution in [0.15, 0.2) is 24.3 Å². The van der Waals surface area contributed by atoms with Gasteiger partial charge in [0.15, 0.2) is 0 Å². The number of ether oxygens (including phenoxy) is 6. The van der Waals surface area contributed by atoms with E-state index < -0.39 is 41.2 Å². The molecule has 5 heterocycles. The van der Waals surface area contributed by atoms with E-state index in [0.717, 1.165) is 0 Å². The average molecular weight is 815 g/mol. The Morgan fingerprint density at radius 1 is 0.508 bits per heavy atom. The largest absolute Gasteiger partial charge is 0.469 e. The topological polar surface area (TPSA) is 215 Å². The van der Waals surface area contributed by atoms with Crippen molar-refractivity contribution in [3.63, 3.8) is 0 Å². The molecular weight excluding hydrogens is 764 g/mol. The first kappa shape index (κ1) is 43.8. The number of methoxy groups -OCH3 is 6. The van der Waals surface area contributed by atoms with Crippen LogP contribution in [0.1, 0.15) is 91.0 Å². The van der Waals surface area contributed by atoms with Crippen molar-refractivity contribution in [3.8, 4) is 0 Å². The van der Waals surface area contributed by atoms with E-state index >= 15 is 0 Å². The van der Waals surface area contributed by atoms with Gasteiger partial charge in [0.05, 0.1) is 73.3 Å². The molecule has 2 aliphatic heterocycles. The molecular formula is C43H50N4O12. The first-order valence-electron chi connectivity index (χ1n) is 19.1. The van der Waals surface area contributed by atoms with Crippen molar-refractivity contribution in [2.75, 3.05) is 42.7 Å². The number of hydrogen-bond acceptors (Lipinski definition) is 14. The van der Waals surface area contributed by atoms with Crippen molar-refractivity contribution in [2.24, 2.45) is 0 Å². The van der Waals surface area contributed by atoms with Crippen LogP contribution in [0.25, 0.3) is 33.2 Å². The van der Waals surface area contributed by atoms with Crippen LogP contribution in [0.5, 0.6) is 0 Å². The second kappa shape index (κ2) is 19.0. The number of nitrogens with one attached hydrogen (secondary N) is 2. The Balaban J connectivity index is 2.01. The zero-order valence-corrected chi connectivity index (χ0v) is 34.7. The molecule has 16 heteroatoms. The van der Waals surface area contributed by atoms with Gasteiger partial charge in [-0.1, -0.05) is 13.8 Å². The number of aromatic amines is 2. The standard InChI is InChI=1S/C43H50N4O12/c1-43(2)22-23-15-30-27(16-40(51)57-6)24(9-12-37(48)54-3)33(45-30)20-34-28(17-41(52)58-7)25(10-13-38(49)55-4)31(46-34)19-32-26(11-14-39(50)56-5)29(18-42(53)59-8)35(47-32)21-36(43)44-23/h15,19-21,45,47H,9-14,16-18,22H2,1-8H3. The van der Waals surface area contributed by atoms with Gasteiger partial charge in [-0.2, -0.15) is 0 Å². The molecule has 0 unspecified atom stereocenters. The highest BCUT2D eigenvalue weighted by atomic mass is 16.5. The summed E-state index contributed by atoms with van der Waals surface area (Å²) in [5.74, 6) is -2.97. The van der Waals surface area contributed by atoms with Crippen molar-refractivity contribution >= 4 is 69.0 Å². The minimum absolute atomic E-state index is 0.00438. The summed E-state index contributed by atoms with van der Waals surface area (Å²) in [6.07, 6.45) is 0.438. The molecule has 0 amide bonds. The molecule has 0 atom stereocenters. The van der Waals surface area contributed by atoms with Gasteiger partial charge in [-0.05, 0) is 76.9 Å². The maximum absolute atomic E-state index is 13.1. The fourth-order valence-corrected chi connectivity index (χ4v) is 7.41. The minimum Gasteiger partial charge on any atom is -0.469 e. The third-order valence-electron chi connectivity index (χ3n) is 10.6. The normalized spacial score (nSPS) is 13.1. The number of rotatable bonds is 15. The van der Waals surface area contributed by atoms with Gasteiger partial charge in [0.2, 0.25) is 0 Å². The lowest BCUT2D eigenvalue weighted by atomic mass is 9.86. The van der Waals surface area contributed by atoms with Gasteiger partial charge in [0.1, 0.15) is 0 Å². The third-order valence-corrected chi connectivity index (χ3v) is 10.6. The number of esters is 6. The lowest BCUT2D eigenvalue weighted by Crippen LogP contribution is -2.15. The maximum Gasteiger partial charge on any atom is 0.310 e. The summed E-state index contributed by atoms with van der Waals surface area (Å²) < 4.78 is 30.2.